The van der Waals surface area contributed by atoms with Crippen molar-refractivity contribution >= 4 is 28.0 Å². The molecule has 0 spiro atoms. The van der Waals surface area contributed by atoms with E-state index in [1.165, 1.54) is 4.90 Å². The van der Waals surface area contributed by atoms with E-state index < -0.39 is 45.8 Å². The molecule has 0 radical (unpaired) electrons. The molecule has 1 heterocycles. The average Bonchev–Trinajstić information content (AvgIpc) is 3.09. The van der Waals surface area contributed by atoms with Gasteiger partial charge in [0, 0.05) is 19.6 Å². The second kappa shape index (κ2) is 12.5. The van der Waals surface area contributed by atoms with E-state index >= 15 is 0 Å². The van der Waals surface area contributed by atoms with Crippen molar-refractivity contribution in [2.75, 3.05) is 26.0 Å². The molecule has 11 nitrogen and oxygen atoms in total. The van der Waals surface area contributed by atoms with Gasteiger partial charge in [0.25, 0.3) is 5.91 Å². The Morgan fingerprint density at radius 3 is 2.44 bits per heavy atom. The summed E-state index contributed by atoms with van der Waals surface area (Å²) < 4.78 is 38.9. The zero-order chi connectivity index (χ0) is 28.8. The number of benzene rings is 2. The maximum absolute atomic E-state index is 13.0. The van der Waals surface area contributed by atoms with Gasteiger partial charge in [-0.1, -0.05) is 36.4 Å². The molecular weight excluding hydrogens is 526 g/mol. The van der Waals surface area contributed by atoms with Gasteiger partial charge in [-0.05, 0) is 56.0 Å². The molecule has 0 unspecified atom stereocenters. The van der Waals surface area contributed by atoms with Crippen LogP contribution in [0.25, 0.3) is 11.1 Å². The third-order valence-electron chi connectivity index (χ3n) is 5.69. The Hall–Kier alpha value is -3.64. The van der Waals surface area contributed by atoms with Crippen molar-refractivity contribution in [3.63, 3.8) is 0 Å². The Bertz CT molecular complexity index is 1290. The van der Waals surface area contributed by atoms with Gasteiger partial charge in [-0.2, -0.15) is 8.42 Å². The van der Waals surface area contributed by atoms with Crippen molar-refractivity contribution in [2.45, 2.75) is 51.4 Å². The molecule has 0 aliphatic carbocycles. The molecule has 1 aliphatic heterocycles. The van der Waals surface area contributed by atoms with Gasteiger partial charge in [-0.25, -0.2) is 4.79 Å². The largest absolute Gasteiger partial charge is 0.444 e. The molecule has 3 amide bonds. The van der Waals surface area contributed by atoms with Crippen molar-refractivity contribution in [3.05, 3.63) is 54.1 Å². The summed E-state index contributed by atoms with van der Waals surface area (Å²) in [6.45, 7) is 5.93. The molecule has 2 aromatic carbocycles. The summed E-state index contributed by atoms with van der Waals surface area (Å²) in [5.41, 5.74) is 7.18. The quantitative estimate of drug-likeness (QED) is 0.465. The predicted octanol–water partition coefficient (Wildman–Crippen LogP) is 2.23. The Kier molecular flexibility index (Phi) is 9.57. The Balaban J connectivity index is 1.66. The Morgan fingerprint density at radius 2 is 1.82 bits per heavy atom. The minimum absolute atomic E-state index is 0.0109. The summed E-state index contributed by atoms with van der Waals surface area (Å²) in [4.78, 5) is 39.1. The zero-order valence-electron chi connectivity index (χ0n) is 22.5. The Morgan fingerprint density at radius 1 is 1.13 bits per heavy atom. The standard InChI is InChI=1S/C27H35N3O8S/c1-27(2,3)37-26(33)30-13-6-14-36-23(17-30)25(32)29-22(24(28)31)15-18-9-11-19(12-10-18)20-7-5-8-21(16-20)38-39(4,34)35/h5,7-12,16,22-23H,6,13-15,17H2,1-4H3,(H2,28,31)(H,29,32)/t22-,23-/m0/s1. The van der Waals surface area contributed by atoms with Crippen LogP contribution in [0.2, 0.25) is 0 Å². The minimum atomic E-state index is -3.65. The van der Waals surface area contributed by atoms with E-state index in [0.717, 1.165) is 22.9 Å². The molecule has 1 saturated heterocycles. The lowest BCUT2D eigenvalue weighted by molar-refractivity contribution is -0.136. The van der Waals surface area contributed by atoms with Crippen LogP contribution in [0.4, 0.5) is 4.79 Å². The van der Waals surface area contributed by atoms with Crippen LogP contribution in [0.15, 0.2) is 48.5 Å². The molecule has 2 aromatic rings. The number of hydrogen-bond acceptors (Lipinski definition) is 8. The first-order valence-electron chi connectivity index (χ1n) is 12.5. The van der Waals surface area contributed by atoms with Crippen molar-refractivity contribution in [1.82, 2.24) is 10.2 Å². The molecular formula is C27H35N3O8S. The number of nitrogens with two attached hydrogens (primary N) is 1. The van der Waals surface area contributed by atoms with Crippen molar-refractivity contribution in [1.29, 1.82) is 0 Å². The lowest BCUT2D eigenvalue weighted by Gasteiger charge is -2.28. The first-order chi connectivity index (χ1) is 18.2. The fraction of sp³-hybridized carbons (Fsp3) is 0.444. The number of nitrogens with one attached hydrogen (secondary N) is 1. The molecule has 0 bridgehead atoms. The van der Waals surface area contributed by atoms with Gasteiger partial charge < -0.3 is 29.6 Å². The summed E-state index contributed by atoms with van der Waals surface area (Å²) >= 11 is 0. The first kappa shape index (κ1) is 29.9. The highest BCUT2D eigenvalue weighted by Crippen LogP contribution is 2.25. The van der Waals surface area contributed by atoms with Crippen LogP contribution in [0.1, 0.15) is 32.8 Å². The van der Waals surface area contributed by atoms with Crippen LogP contribution in [-0.4, -0.2) is 74.9 Å². The maximum Gasteiger partial charge on any atom is 0.410 e. The van der Waals surface area contributed by atoms with Crippen molar-refractivity contribution in [2.24, 2.45) is 5.73 Å². The highest BCUT2D eigenvalue weighted by molar-refractivity contribution is 7.86. The number of nitrogens with zero attached hydrogens (tertiary/aromatic N) is 1. The van der Waals surface area contributed by atoms with Crippen LogP contribution in [0.3, 0.4) is 0 Å². The molecule has 212 valence electrons. The minimum Gasteiger partial charge on any atom is -0.444 e. The van der Waals surface area contributed by atoms with E-state index in [2.05, 4.69) is 5.32 Å². The maximum atomic E-state index is 13.0. The highest BCUT2D eigenvalue weighted by atomic mass is 32.2. The van der Waals surface area contributed by atoms with E-state index in [4.69, 9.17) is 19.4 Å². The van der Waals surface area contributed by atoms with E-state index in [1.54, 1.807) is 51.1 Å². The van der Waals surface area contributed by atoms with Gasteiger partial charge >= 0.3 is 16.2 Å². The number of amides is 3. The smallest absolute Gasteiger partial charge is 0.410 e. The first-order valence-corrected chi connectivity index (χ1v) is 14.3. The van der Waals surface area contributed by atoms with Crippen LogP contribution in [0, 0.1) is 0 Å². The molecule has 0 saturated carbocycles. The lowest BCUT2D eigenvalue weighted by Crippen LogP contribution is -2.52. The summed E-state index contributed by atoms with van der Waals surface area (Å²) in [5, 5.41) is 2.65. The number of carbonyl (C=O) groups excluding carboxylic acids is 3. The number of rotatable bonds is 8. The van der Waals surface area contributed by atoms with Crippen molar-refractivity contribution in [3.8, 4) is 16.9 Å². The van der Waals surface area contributed by atoms with Crippen molar-refractivity contribution < 1.29 is 36.5 Å². The predicted molar refractivity (Wildman–Crippen MR) is 144 cm³/mol. The average molecular weight is 562 g/mol. The topological polar surface area (TPSA) is 154 Å². The fourth-order valence-electron chi connectivity index (χ4n) is 3.93. The molecule has 1 aliphatic rings. The number of primary amides is 1. The summed E-state index contributed by atoms with van der Waals surface area (Å²) in [6, 6.07) is 12.8. The third-order valence-corrected chi connectivity index (χ3v) is 6.19. The number of carbonyl (C=O) groups is 3. The Labute approximate surface area is 228 Å². The summed E-state index contributed by atoms with van der Waals surface area (Å²) in [5.74, 6) is -1.06. The van der Waals surface area contributed by atoms with Gasteiger partial charge in [-0.15, -0.1) is 0 Å². The monoisotopic (exact) mass is 561 g/mol. The highest BCUT2D eigenvalue weighted by Gasteiger charge is 2.32. The number of hydrogen-bond donors (Lipinski definition) is 2. The van der Waals surface area contributed by atoms with Gasteiger partial charge in [0.05, 0.1) is 12.8 Å². The van der Waals surface area contributed by atoms with E-state index in [1.807, 2.05) is 18.2 Å². The molecule has 39 heavy (non-hydrogen) atoms. The van der Waals surface area contributed by atoms with Gasteiger partial charge in [0.15, 0.2) is 6.10 Å². The van der Waals surface area contributed by atoms with E-state index in [9.17, 15) is 22.8 Å². The number of ether oxygens (including phenoxy) is 2. The molecule has 12 heteroatoms. The summed E-state index contributed by atoms with van der Waals surface area (Å²) in [6.07, 6.45) is 0.136. The van der Waals surface area contributed by atoms with Gasteiger partial charge in [0.1, 0.15) is 17.4 Å². The van der Waals surface area contributed by atoms with E-state index in [0.29, 0.717) is 13.0 Å². The SMILES string of the molecule is CC(C)(C)OC(=O)N1CCCO[C@H](C(=O)N[C@@H](Cc2ccc(-c3cccc(OS(C)(=O)=O)c3)cc2)C(N)=O)C1. The molecule has 3 rings (SSSR count). The van der Waals surface area contributed by atoms with Gasteiger partial charge in [-0.3, -0.25) is 9.59 Å². The molecule has 1 fully saturated rings. The van der Waals surface area contributed by atoms with Crippen LogP contribution in [0.5, 0.6) is 5.75 Å². The fourth-order valence-corrected chi connectivity index (χ4v) is 4.39. The normalized spacial score (nSPS) is 17.0. The van der Waals surface area contributed by atoms with Crippen LogP contribution >= 0.6 is 0 Å². The zero-order valence-corrected chi connectivity index (χ0v) is 23.3. The molecule has 2 atom stereocenters. The second-order valence-corrected chi connectivity index (χ2v) is 11.9. The lowest BCUT2D eigenvalue weighted by atomic mass is 10.00. The third kappa shape index (κ3) is 9.56. The molecule has 3 N–H and O–H groups in total. The second-order valence-electron chi connectivity index (χ2n) is 10.3. The van der Waals surface area contributed by atoms with E-state index in [-0.39, 0.29) is 25.3 Å². The van der Waals surface area contributed by atoms with Crippen LogP contribution in [-0.2, 0) is 35.6 Å². The summed E-state index contributed by atoms with van der Waals surface area (Å²) in [7, 11) is -3.65. The molecule has 0 aromatic heterocycles. The van der Waals surface area contributed by atoms with Crippen LogP contribution < -0.4 is 15.2 Å². The van der Waals surface area contributed by atoms with Gasteiger partial charge in [0.2, 0.25) is 5.91 Å².